The van der Waals surface area contributed by atoms with E-state index in [0.717, 1.165) is 9.26 Å². The number of methoxy groups -OCH3 is 2. The number of pyridine rings is 1. The van der Waals surface area contributed by atoms with E-state index in [4.69, 9.17) is 9.47 Å². The summed E-state index contributed by atoms with van der Waals surface area (Å²) in [6.07, 6.45) is 1.72. The third-order valence-corrected chi connectivity index (χ3v) is 4.07. The molecule has 1 amide bonds. The molecule has 0 aliphatic rings. The van der Waals surface area contributed by atoms with Gasteiger partial charge in [0.25, 0.3) is 5.91 Å². The van der Waals surface area contributed by atoms with Crippen molar-refractivity contribution in [1.29, 1.82) is 0 Å². The summed E-state index contributed by atoms with van der Waals surface area (Å²) in [5, 5.41) is 0. The van der Waals surface area contributed by atoms with Gasteiger partial charge in [-0.3, -0.25) is 9.78 Å². The molecule has 0 fully saturated rings. The first-order valence-corrected chi connectivity index (χ1v) is 7.71. The fourth-order valence-corrected chi connectivity index (χ4v) is 2.70. The van der Waals surface area contributed by atoms with E-state index in [1.165, 1.54) is 0 Å². The maximum atomic E-state index is 12.6. The average molecular weight is 412 g/mol. The second kappa shape index (κ2) is 7.44. The summed E-state index contributed by atoms with van der Waals surface area (Å²) in [7, 11) is 4.88. The molecule has 0 bridgehead atoms. The van der Waals surface area contributed by atoms with Gasteiger partial charge in [0, 0.05) is 16.8 Å². The molecule has 2 aromatic rings. The molecule has 0 saturated carbocycles. The van der Waals surface area contributed by atoms with Gasteiger partial charge < -0.3 is 14.4 Å². The van der Waals surface area contributed by atoms with Crippen LogP contribution in [0, 0.1) is 3.57 Å². The summed E-state index contributed by atoms with van der Waals surface area (Å²) in [4.78, 5) is 18.5. The van der Waals surface area contributed by atoms with Crippen LogP contribution in [0.15, 0.2) is 36.5 Å². The topological polar surface area (TPSA) is 51.7 Å². The molecule has 0 N–H and O–H groups in total. The van der Waals surface area contributed by atoms with Crippen LogP contribution in [0.2, 0.25) is 0 Å². The Balaban J connectivity index is 2.25. The largest absolute Gasteiger partial charge is 0.493 e. The number of hydrogen-bond acceptors (Lipinski definition) is 4. The van der Waals surface area contributed by atoms with E-state index in [-0.39, 0.29) is 5.91 Å². The zero-order valence-electron chi connectivity index (χ0n) is 12.7. The standard InChI is InChI=1S/C16H17IN2O3/c1-19(10-11-6-4-5-7-18-11)16(20)12-8-14(21-2)15(22-3)9-13(12)17/h4-9H,10H2,1-3H3. The van der Waals surface area contributed by atoms with Gasteiger partial charge in [0.1, 0.15) is 0 Å². The predicted molar refractivity (Wildman–Crippen MR) is 92.3 cm³/mol. The highest BCUT2D eigenvalue weighted by Gasteiger charge is 2.19. The van der Waals surface area contributed by atoms with Gasteiger partial charge in [-0.1, -0.05) is 6.07 Å². The molecule has 0 radical (unpaired) electrons. The molecular formula is C16H17IN2O3. The summed E-state index contributed by atoms with van der Waals surface area (Å²) in [5.41, 5.74) is 1.42. The first-order chi connectivity index (χ1) is 10.6. The van der Waals surface area contributed by atoms with Gasteiger partial charge in [-0.25, -0.2) is 0 Å². The van der Waals surface area contributed by atoms with Crippen molar-refractivity contribution in [3.05, 3.63) is 51.4 Å². The van der Waals surface area contributed by atoms with Crippen molar-refractivity contribution in [3.8, 4) is 11.5 Å². The quantitative estimate of drug-likeness (QED) is 0.709. The molecule has 1 aromatic heterocycles. The lowest BCUT2D eigenvalue weighted by atomic mass is 10.1. The lowest BCUT2D eigenvalue weighted by Gasteiger charge is -2.19. The molecule has 0 atom stereocenters. The highest BCUT2D eigenvalue weighted by atomic mass is 127. The van der Waals surface area contributed by atoms with Crippen LogP contribution in [0.5, 0.6) is 11.5 Å². The molecule has 6 heteroatoms. The maximum Gasteiger partial charge on any atom is 0.255 e. The monoisotopic (exact) mass is 412 g/mol. The van der Waals surface area contributed by atoms with E-state index in [1.54, 1.807) is 44.5 Å². The molecule has 0 aliphatic heterocycles. The first-order valence-electron chi connectivity index (χ1n) is 6.63. The molecule has 0 spiro atoms. The van der Waals surface area contributed by atoms with Crippen LogP contribution in [0.1, 0.15) is 16.1 Å². The van der Waals surface area contributed by atoms with E-state index in [2.05, 4.69) is 27.6 Å². The number of carbonyl (C=O) groups excluding carboxylic acids is 1. The Morgan fingerprint density at radius 3 is 2.50 bits per heavy atom. The Hall–Kier alpha value is -1.83. The molecule has 5 nitrogen and oxygen atoms in total. The Bertz CT molecular complexity index is 662. The van der Waals surface area contributed by atoms with E-state index < -0.39 is 0 Å². The molecule has 0 aliphatic carbocycles. The van der Waals surface area contributed by atoms with Crippen LogP contribution in [0.25, 0.3) is 0 Å². The number of ether oxygens (including phenoxy) is 2. The molecule has 116 valence electrons. The van der Waals surface area contributed by atoms with Crippen molar-refractivity contribution >= 4 is 28.5 Å². The maximum absolute atomic E-state index is 12.6. The molecule has 0 saturated heterocycles. The first kappa shape index (κ1) is 16.5. The van der Waals surface area contributed by atoms with Gasteiger partial charge in [0.2, 0.25) is 0 Å². The summed E-state index contributed by atoms with van der Waals surface area (Å²) >= 11 is 2.12. The van der Waals surface area contributed by atoms with E-state index >= 15 is 0 Å². The van der Waals surface area contributed by atoms with Crippen LogP contribution < -0.4 is 9.47 Å². The van der Waals surface area contributed by atoms with Gasteiger partial charge in [-0.2, -0.15) is 0 Å². The number of halogens is 1. The fourth-order valence-electron chi connectivity index (χ4n) is 2.03. The van der Waals surface area contributed by atoms with Crippen molar-refractivity contribution in [2.24, 2.45) is 0 Å². The van der Waals surface area contributed by atoms with Crippen LogP contribution in [0.4, 0.5) is 0 Å². The second-order valence-electron chi connectivity index (χ2n) is 4.67. The van der Waals surface area contributed by atoms with Gasteiger partial charge in [-0.05, 0) is 46.9 Å². The fraction of sp³-hybridized carbons (Fsp3) is 0.250. The number of amides is 1. The summed E-state index contributed by atoms with van der Waals surface area (Å²) in [6, 6.07) is 9.14. The van der Waals surface area contributed by atoms with Gasteiger partial charge in [-0.15, -0.1) is 0 Å². The molecule has 0 unspecified atom stereocenters. The molecule has 22 heavy (non-hydrogen) atoms. The lowest BCUT2D eigenvalue weighted by molar-refractivity contribution is 0.0782. The highest BCUT2D eigenvalue weighted by Crippen LogP contribution is 2.31. The van der Waals surface area contributed by atoms with Crippen LogP contribution in [-0.4, -0.2) is 37.1 Å². The molecule has 1 aromatic carbocycles. The van der Waals surface area contributed by atoms with Crippen molar-refractivity contribution in [2.75, 3.05) is 21.3 Å². The highest BCUT2D eigenvalue weighted by molar-refractivity contribution is 14.1. The summed E-state index contributed by atoms with van der Waals surface area (Å²) in [6.45, 7) is 0.449. The number of aromatic nitrogens is 1. The third kappa shape index (κ3) is 3.68. The van der Waals surface area contributed by atoms with Crippen molar-refractivity contribution in [1.82, 2.24) is 9.88 Å². The average Bonchev–Trinajstić information content (AvgIpc) is 2.54. The zero-order chi connectivity index (χ0) is 16.1. The normalized spacial score (nSPS) is 10.2. The minimum atomic E-state index is -0.0870. The molecular weight excluding hydrogens is 395 g/mol. The number of benzene rings is 1. The Kier molecular flexibility index (Phi) is 5.59. The van der Waals surface area contributed by atoms with Gasteiger partial charge >= 0.3 is 0 Å². The van der Waals surface area contributed by atoms with E-state index in [9.17, 15) is 4.79 Å². The predicted octanol–water partition coefficient (Wildman–Crippen LogP) is 2.98. The van der Waals surface area contributed by atoms with E-state index in [0.29, 0.717) is 23.6 Å². The van der Waals surface area contributed by atoms with Crippen molar-refractivity contribution in [3.63, 3.8) is 0 Å². The number of carbonyl (C=O) groups is 1. The zero-order valence-corrected chi connectivity index (χ0v) is 14.8. The third-order valence-electron chi connectivity index (χ3n) is 3.18. The van der Waals surface area contributed by atoms with Gasteiger partial charge in [0.15, 0.2) is 11.5 Å². The number of hydrogen-bond donors (Lipinski definition) is 0. The molecule has 2 rings (SSSR count). The van der Waals surface area contributed by atoms with Gasteiger partial charge in [0.05, 0.1) is 32.0 Å². The second-order valence-corrected chi connectivity index (χ2v) is 5.83. The minimum Gasteiger partial charge on any atom is -0.493 e. The number of rotatable bonds is 5. The Morgan fingerprint density at radius 2 is 1.91 bits per heavy atom. The van der Waals surface area contributed by atoms with Crippen molar-refractivity contribution in [2.45, 2.75) is 6.54 Å². The van der Waals surface area contributed by atoms with Crippen LogP contribution in [-0.2, 0) is 6.54 Å². The smallest absolute Gasteiger partial charge is 0.255 e. The number of nitrogens with zero attached hydrogens (tertiary/aromatic N) is 2. The summed E-state index contributed by atoms with van der Waals surface area (Å²) < 4.78 is 11.3. The lowest BCUT2D eigenvalue weighted by Crippen LogP contribution is -2.27. The molecule has 1 heterocycles. The SMILES string of the molecule is COc1cc(I)c(C(=O)N(C)Cc2ccccn2)cc1OC. The Morgan fingerprint density at radius 1 is 1.23 bits per heavy atom. The summed E-state index contributed by atoms with van der Waals surface area (Å²) in [5.74, 6) is 1.06. The van der Waals surface area contributed by atoms with Crippen molar-refractivity contribution < 1.29 is 14.3 Å². The Labute approximate surface area is 143 Å². The van der Waals surface area contributed by atoms with Crippen LogP contribution >= 0.6 is 22.6 Å². The van der Waals surface area contributed by atoms with E-state index in [1.807, 2.05) is 18.2 Å². The minimum absolute atomic E-state index is 0.0870. The van der Waals surface area contributed by atoms with Crippen LogP contribution in [0.3, 0.4) is 0 Å².